The average molecular weight is 264 g/mol. The number of anilines is 1. The molecule has 0 spiro atoms. The third-order valence-electron chi connectivity index (χ3n) is 3.33. The van der Waals surface area contributed by atoms with Crippen LogP contribution >= 0.6 is 0 Å². The molecule has 102 valence electrons. The zero-order chi connectivity index (χ0) is 13.8. The number of aliphatic hydroxyl groups is 1. The van der Waals surface area contributed by atoms with Crippen molar-refractivity contribution < 1.29 is 9.84 Å². The molecule has 1 aromatic heterocycles. The van der Waals surface area contributed by atoms with Crippen LogP contribution in [0.4, 0.5) is 5.82 Å². The number of aliphatic hydroxyl groups excluding tert-OH is 1. The molecule has 0 aromatic carbocycles. The van der Waals surface area contributed by atoms with Gasteiger partial charge in [0.25, 0.3) is 0 Å². The summed E-state index contributed by atoms with van der Waals surface area (Å²) in [5.74, 6) is 0.234. The lowest BCUT2D eigenvalue weighted by Gasteiger charge is -2.14. The first-order valence-electron chi connectivity index (χ1n) is 6.13. The SMILES string of the molecule is N#CCC[C@H]1C[C@H](n2ccc(N)nc2=O)O[C@@H]1CO. The summed E-state index contributed by atoms with van der Waals surface area (Å²) in [6.45, 7) is -0.121. The number of nitriles is 1. The minimum atomic E-state index is -0.470. The van der Waals surface area contributed by atoms with Gasteiger partial charge in [-0.25, -0.2) is 4.79 Å². The monoisotopic (exact) mass is 264 g/mol. The van der Waals surface area contributed by atoms with Gasteiger partial charge in [0.15, 0.2) is 0 Å². The quantitative estimate of drug-likeness (QED) is 0.792. The van der Waals surface area contributed by atoms with Crippen molar-refractivity contribution in [3.8, 4) is 6.07 Å². The highest BCUT2D eigenvalue weighted by Crippen LogP contribution is 2.35. The van der Waals surface area contributed by atoms with Gasteiger partial charge in [-0.3, -0.25) is 4.57 Å². The second-order valence-corrected chi connectivity index (χ2v) is 4.55. The maximum Gasteiger partial charge on any atom is 0.351 e. The molecular formula is C12H16N4O3. The van der Waals surface area contributed by atoms with Crippen LogP contribution in [0.2, 0.25) is 0 Å². The van der Waals surface area contributed by atoms with E-state index in [1.54, 1.807) is 0 Å². The lowest BCUT2D eigenvalue weighted by Crippen LogP contribution is -2.27. The predicted octanol–water partition coefficient (Wildman–Crippen LogP) is 0.0253. The Morgan fingerprint density at radius 3 is 3.11 bits per heavy atom. The first-order valence-corrected chi connectivity index (χ1v) is 6.13. The molecule has 1 aliphatic rings. The van der Waals surface area contributed by atoms with Crippen molar-refractivity contribution in [3.05, 3.63) is 22.7 Å². The number of nitrogen functional groups attached to an aromatic ring is 1. The van der Waals surface area contributed by atoms with Gasteiger partial charge in [-0.1, -0.05) is 0 Å². The lowest BCUT2D eigenvalue weighted by atomic mass is 9.96. The number of hydrogen-bond acceptors (Lipinski definition) is 6. The largest absolute Gasteiger partial charge is 0.394 e. The summed E-state index contributed by atoms with van der Waals surface area (Å²) >= 11 is 0. The van der Waals surface area contributed by atoms with E-state index in [9.17, 15) is 9.90 Å². The van der Waals surface area contributed by atoms with Gasteiger partial charge in [0, 0.05) is 12.6 Å². The van der Waals surface area contributed by atoms with Crippen molar-refractivity contribution in [1.82, 2.24) is 9.55 Å². The second kappa shape index (κ2) is 5.82. The number of nitrogens with zero attached hydrogens (tertiary/aromatic N) is 3. The fourth-order valence-electron chi connectivity index (χ4n) is 2.35. The second-order valence-electron chi connectivity index (χ2n) is 4.55. The van der Waals surface area contributed by atoms with Crippen LogP contribution in [0.1, 0.15) is 25.5 Å². The number of ether oxygens (including phenoxy) is 1. The third kappa shape index (κ3) is 2.92. The summed E-state index contributed by atoms with van der Waals surface area (Å²) in [5, 5.41) is 17.9. The van der Waals surface area contributed by atoms with Crippen LogP contribution in [0.15, 0.2) is 17.1 Å². The Kier molecular flexibility index (Phi) is 4.14. The maximum atomic E-state index is 11.7. The molecule has 0 aliphatic carbocycles. The van der Waals surface area contributed by atoms with Crippen LogP contribution in [0.5, 0.6) is 0 Å². The Balaban J connectivity index is 2.15. The molecule has 0 radical (unpaired) electrons. The molecule has 2 heterocycles. The van der Waals surface area contributed by atoms with Crippen molar-refractivity contribution in [1.29, 1.82) is 5.26 Å². The smallest absolute Gasteiger partial charge is 0.351 e. The van der Waals surface area contributed by atoms with Gasteiger partial charge in [-0.15, -0.1) is 0 Å². The van der Waals surface area contributed by atoms with Gasteiger partial charge < -0.3 is 15.6 Å². The van der Waals surface area contributed by atoms with E-state index < -0.39 is 11.9 Å². The fourth-order valence-corrected chi connectivity index (χ4v) is 2.35. The van der Waals surface area contributed by atoms with E-state index >= 15 is 0 Å². The van der Waals surface area contributed by atoms with Gasteiger partial charge in [-0.05, 0) is 24.8 Å². The zero-order valence-electron chi connectivity index (χ0n) is 10.4. The topological polar surface area (TPSA) is 114 Å². The maximum absolute atomic E-state index is 11.7. The van der Waals surface area contributed by atoms with Gasteiger partial charge in [0.05, 0.1) is 18.8 Å². The number of hydrogen-bond donors (Lipinski definition) is 2. The molecular weight excluding hydrogens is 248 g/mol. The van der Waals surface area contributed by atoms with Gasteiger partial charge in [0.1, 0.15) is 12.0 Å². The molecule has 1 saturated heterocycles. The molecule has 0 saturated carbocycles. The van der Waals surface area contributed by atoms with Crippen LogP contribution in [-0.2, 0) is 4.74 Å². The van der Waals surface area contributed by atoms with Crippen molar-refractivity contribution in [3.63, 3.8) is 0 Å². The normalized spacial score (nSPS) is 26.2. The van der Waals surface area contributed by atoms with E-state index in [1.165, 1.54) is 16.8 Å². The van der Waals surface area contributed by atoms with Crippen molar-refractivity contribution in [2.45, 2.75) is 31.6 Å². The summed E-state index contributed by atoms with van der Waals surface area (Å²) in [6, 6.07) is 3.61. The molecule has 0 bridgehead atoms. The summed E-state index contributed by atoms with van der Waals surface area (Å²) in [6.07, 6.45) is 2.38. The number of aromatic nitrogens is 2. The minimum Gasteiger partial charge on any atom is -0.394 e. The molecule has 0 amide bonds. The first-order chi connectivity index (χ1) is 9.15. The molecule has 1 aromatic rings. The Morgan fingerprint density at radius 2 is 2.47 bits per heavy atom. The molecule has 1 fully saturated rings. The van der Waals surface area contributed by atoms with E-state index in [0.29, 0.717) is 19.3 Å². The highest BCUT2D eigenvalue weighted by molar-refractivity contribution is 5.23. The third-order valence-corrected chi connectivity index (χ3v) is 3.33. The number of nitrogens with two attached hydrogens (primary N) is 1. The van der Waals surface area contributed by atoms with E-state index in [2.05, 4.69) is 11.1 Å². The van der Waals surface area contributed by atoms with Crippen LogP contribution in [0, 0.1) is 17.2 Å². The molecule has 7 nitrogen and oxygen atoms in total. The molecule has 3 N–H and O–H groups in total. The van der Waals surface area contributed by atoms with Crippen molar-refractivity contribution in [2.75, 3.05) is 12.3 Å². The summed E-state index contributed by atoms with van der Waals surface area (Å²) in [7, 11) is 0. The van der Waals surface area contributed by atoms with E-state index in [4.69, 9.17) is 15.7 Å². The van der Waals surface area contributed by atoms with Crippen LogP contribution < -0.4 is 11.4 Å². The van der Waals surface area contributed by atoms with E-state index in [0.717, 1.165) is 0 Å². The molecule has 2 rings (SSSR count). The molecule has 0 unspecified atom stereocenters. The Hall–Kier alpha value is -1.91. The molecule has 3 atom stereocenters. The Bertz CT molecular complexity index is 537. The summed E-state index contributed by atoms with van der Waals surface area (Å²) in [4.78, 5) is 15.4. The molecule has 19 heavy (non-hydrogen) atoms. The van der Waals surface area contributed by atoms with Crippen LogP contribution in [-0.4, -0.2) is 27.4 Å². The van der Waals surface area contributed by atoms with E-state index in [1.807, 2.05) is 0 Å². The van der Waals surface area contributed by atoms with E-state index in [-0.39, 0.29) is 24.4 Å². The van der Waals surface area contributed by atoms with Gasteiger partial charge >= 0.3 is 5.69 Å². The molecule has 7 heteroatoms. The summed E-state index contributed by atoms with van der Waals surface area (Å²) < 4.78 is 7.02. The first kappa shape index (κ1) is 13.5. The van der Waals surface area contributed by atoms with Crippen molar-refractivity contribution >= 4 is 5.82 Å². The highest BCUT2D eigenvalue weighted by atomic mass is 16.5. The standard InChI is InChI=1S/C12H16N4O3/c13-4-1-2-8-6-11(19-9(8)7-17)16-5-3-10(14)15-12(16)18/h3,5,8-9,11,17H,1-2,6-7H2,(H2,14,15,18)/t8-,9+,11+/m0/s1. The average Bonchev–Trinajstić information content (AvgIpc) is 2.79. The predicted molar refractivity (Wildman–Crippen MR) is 66.9 cm³/mol. The van der Waals surface area contributed by atoms with Crippen LogP contribution in [0.25, 0.3) is 0 Å². The van der Waals surface area contributed by atoms with Gasteiger partial charge in [-0.2, -0.15) is 10.2 Å². The Labute approximate surface area is 110 Å². The Morgan fingerprint density at radius 1 is 1.68 bits per heavy atom. The lowest BCUT2D eigenvalue weighted by molar-refractivity contribution is -0.0330. The minimum absolute atomic E-state index is 0.0686. The fraction of sp³-hybridized carbons (Fsp3) is 0.583. The van der Waals surface area contributed by atoms with Gasteiger partial charge in [0.2, 0.25) is 0 Å². The van der Waals surface area contributed by atoms with Crippen LogP contribution in [0.3, 0.4) is 0 Å². The van der Waals surface area contributed by atoms with Crippen molar-refractivity contribution in [2.24, 2.45) is 5.92 Å². The highest BCUT2D eigenvalue weighted by Gasteiger charge is 2.35. The zero-order valence-corrected chi connectivity index (χ0v) is 10.4. The number of rotatable bonds is 4. The molecule has 1 aliphatic heterocycles. The summed E-state index contributed by atoms with van der Waals surface area (Å²) in [5.41, 5.74) is 4.96.